The highest BCUT2D eigenvalue weighted by Gasteiger charge is 2.17. The monoisotopic (exact) mass is 615 g/mol. The minimum absolute atomic E-state index is 1.06. The van der Waals surface area contributed by atoms with Crippen LogP contribution in [0.3, 0.4) is 0 Å². The molecule has 1 aliphatic rings. The predicted octanol–water partition coefficient (Wildman–Crippen LogP) is 14.7. The van der Waals surface area contributed by atoms with Crippen LogP contribution in [0.2, 0.25) is 0 Å². The van der Waals surface area contributed by atoms with Crippen LogP contribution < -0.4 is 4.90 Å². The number of para-hydroxylation sites is 2. The molecule has 236 valence electrons. The lowest BCUT2D eigenvalue weighted by Crippen LogP contribution is -2.11. The number of rotatable bonds is 6. The maximum absolute atomic E-state index is 2.35. The van der Waals surface area contributed by atoms with Crippen LogP contribution in [-0.2, 0) is 0 Å². The second-order valence-electron chi connectivity index (χ2n) is 9.65. The van der Waals surface area contributed by atoms with E-state index >= 15 is 0 Å². The summed E-state index contributed by atoms with van der Waals surface area (Å²) >= 11 is 1.88. The molecule has 6 rings (SSSR count). The van der Waals surface area contributed by atoms with Crippen LogP contribution in [0, 0.1) is 6.92 Å². The Bertz CT molecular complexity index is 1550. The van der Waals surface area contributed by atoms with Crippen molar-refractivity contribution in [1.82, 2.24) is 0 Å². The molecule has 0 spiro atoms. The predicted molar refractivity (Wildman–Crippen MR) is 206 cm³/mol. The first kappa shape index (κ1) is 37.0. The fourth-order valence-corrected chi connectivity index (χ4v) is 6.00. The van der Waals surface area contributed by atoms with Gasteiger partial charge in [-0.3, -0.25) is 0 Å². The van der Waals surface area contributed by atoms with Crippen LogP contribution in [-0.4, -0.2) is 0 Å². The van der Waals surface area contributed by atoms with E-state index in [0.717, 1.165) is 17.8 Å². The summed E-state index contributed by atoms with van der Waals surface area (Å²) < 4.78 is 0. The van der Waals surface area contributed by atoms with Gasteiger partial charge in [0.15, 0.2) is 0 Å². The van der Waals surface area contributed by atoms with Gasteiger partial charge in [-0.15, -0.1) is 11.3 Å². The van der Waals surface area contributed by atoms with Crippen molar-refractivity contribution in [3.05, 3.63) is 143 Å². The van der Waals surface area contributed by atoms with Crippen molar-refractivity contribution in [2.75, 3.05) is 4.90 Å². The number of nitrogens with zero attached hydrogens (tertiary/aromatic N) is 1. The maximum atomic E-state index is 2.35. The molecular formula is C43H53NS. The van der Waals surface area contributed by atoms with Crippen LogP contribution in [0.25, 0.3) is 27.1 Å². The minimum atomic E-state index is 1.06. The zero-order chi connectivity index (χ0) is 33.2. The molecule has 1 heterocycles. The molecule has 0 fully saturated rings. The van der Waals surface area contributed by atoms with E-state index < -0.39 is 0 Å². The summed E-state index contributed by atoms with van der Waals surface area (Å²) in [5, 5.41) is 0. The van der Waals surface area contributed by atoms with Gasteiger partial charge in [0.1, 0.15) is 0 Å². The van der Waals surface area contributed by atoms with Crippen molar-refractivity contribution < 1.29 is 0 Å². The summed E-state index contributed by atoms with van der Waals surface area (Å²) in [6.07, 6.45) is 5.56. The molecule has 0 aliphatic heterocycles. The summed E-state index contributed by atoms with van der Waals surface area (Å²) in [6, 6.07) is 41.6. The number of thiophene rings is 1. The van der Waals surface area contributed by atoms with Crippen molar-refractivity contribution in [2.24, 2.45) is 0 Å². The van der Waals surface area contributed by atoms with Gasteiger partial charge in [-0.25, -0.2) is 0 Å². The normalized spacial score (nSPS) is 11.1. The number of anilines is 3. The summed E-state index contributed by atoms with van der Waals surface area (Å²) in [5.41, 5.74) is 11.3. The van der Waals surface area contributed by atoms with Gasteiger partial charge in [-0.05, 0) is 85.0 Å². The van der Waals surface area contributed by atoms with E-state index in [1.54, 1.807) is 0 Å². The van der Waals surface area contributed by atoms with Crippen LogP contribution in [0.1, 0.15) is 79.2 Å². The van der Waals surface area contributed by atoms with Crippen LogP contribution >= 0.6 is 11.3 Å². The lowest BCUT2D eigenvalue weighted by molar-refractivity contribution is 1.27. The number of allylic oxidation sites excluding steroid dienone is 4. The number of benzene rings is 4. The second-order valence-corrected chi connectivity index (χ2v) is 10.7. The Morgan fingerprint density at radius 3 is 1.53 bits per heavy atom. The average Bonchev–Trinajstić information content (AvgIpc) is 3.79. The Labute approximate surface area is 278 Å². The van der Waals surface area contributed by atoms with E-state index in [0.29, 0.717) is 0 Å². The van der Waals surface area contributed by atoms with Crippen LogP contribution in [0.4, 0.5) is 17.1 Å². The quantitative estimate of drug-likeness (QED) is 0.184. The lowest BCUT2D eigenvalue weighted by atomic mass is 9.98. The Balaban J connectivity index is 0.000000819. The molecule has 0 radical (unpaired) electrons. The Hall–Kier alpha value is -4.14. The molecule has 0 unspecified atom stereocenters. The first-order valence-electron chi connectivity index (χ1n) is 16.7. The first-order valence-corrected chi connectivity index (χ1v) is 17.6. The third kappa shape index (κ3) is 9.67. The van der Waals surface area contributed by atoms with Gasteiger partial charge < -0.3 is 4.90 Å². The highest BCUT2D eigenvalue weighted by molar-refractivity contribution is 7.16. The Morgan fingerprint density at radius 2 is 1.02 bits per heavy atom. The van der Waals surface area contributed by atoms with E-state index in [1.165, 1.54) is 48.8 Å². The molecule has 5 aromatic rings. The smallest absolute Gasteiger partial charge is 0.0542 e. The van der Waals surface area contributed by atoms with E-state index in [1.807, 2.05) is 66.7 Å². The molecule has 0 atom stereocenters. The van der Waals surface area contributed by atoms with Gasteiger partial charge in [0, 0.05) is 26.7 Å². The van der Waals surface area contributed by atoms with Gasteiger partial charge in [0.25, 0.3) is 0 Å². The number of hydrogen-bond donors (Lipinski definition) is 0. The van der Waals surface area contributed by atoms with Crippen LogP contribution in [0.15, 0.2) is 133 Å². The molecular weight excluding hydrogens is 563 g/mol. The number of hydrogen-bond acceptors (Lipinski definition) is 2. The number of aryl methyl sites for hydroxylation is 1. The molecule has 0 saturated carbocycles. The van der Waals surface area contributed by atoms with Gasteiger partial charge in [0.2, 0.25) is 0 Å². The second kappa shape index (κ2) is 20.0. The zero-order valence-corrected chi connectivity index (χ0v) is 30.0. The molecule has 1 nitrogen and oxygen atoms in total. The van der Waals surface area contributed by atoms with Gasteiger partial charge >= 0.3 is 0 Å². The molecule has 4 aromatic carbocycles. The average molecular weight is 616 g/mol. The van der Waals surface area contributed by atoms with E-state index in [-0.39, 0.29) is 0 Å². The first-order chi connectivity index (χ1) is 22.2. The van der Waals surface area contributed by atoms with E-state index in [9.17, 15) is 0 Å². The highest BCUT2D eigenvalue weighted by Crippen LogP contribution is 2.42. The maximum Gasteiger partial charge on any atom is 0.0542 e. The van der Waals surface area contributed by atoms with Gasteiger partial charge in [-0.2, -0.15) is 0 Å². The third-order valence-electron chi connectivity index (χ3n) is 6.86. The molecule has 1 aliphatic carbocycles. The molecule has 0 amide bonds. The largest absolute Gasteiger partial charge is 0.310 e. The molecule has 0 N–H and O–H groups in total. The molecule has 0 saturated heterocycles. The minimum Gasteiger partial charge on any atom is -0.310 e. The zero-order valence-electron chi connectivity index (χ0n) is 29.2. The molecule has 1 aromatic heterocycles. The van der Waals surface area contributed by atoms with E-state index in [2.05, 4.69) is 146 Å². The summed E-state index contributed by atoms with van der Waals surface area (Å²) in [6.45, 7) is 20.4. The van der Waals surface area contributed by atoms with Crippen molar-refractivity contribution in [3.63, 3.8) is 0 Å². The third-order valence-corrected chi connectivity index (χ3v) is 8.07. The Morgan fingerprint density at radius 1 is 0.511 bits per heavy atom. The highest BCUT2D eigenvalue weighted by atomic mass is 32.1. The van der Waals surface area contributed by atoms with Gasteiger partial charge in [0.05, 0.1) is 5.69 Å². The lowest BCUT2D eigenvalue weighted by Gasteiger charge is -2.28. The molecule has 2 heteroatoms. The summed E-state index contributed by atoms with van der Waals surface area (Å²) in [5.74, 6) is 0. The standard InChI is InChI=1S/C35H29NS.4C2H6/c1-25-13-15-29(23-25)35-22-21-34(37-35)28-18-16-27(17-19-28)32-20-14-26(2)24-33(32)36(30-9-5-3-6-10-30)31-11-7-4-8-12-31;4*1-2/h3-22,24H,23H2,1-2H3;4*1-2H3. The van der Waals surface area contributed by atoms with Crippen molar-refractivity contribution in [2.45, 2.75) is 75.7 Å². The Kier molecular flexibility index (Phi) is 16.5. The summed E-state index contributed by atoms with van der Waals surface area (Å²) in [7, 11) is 0. The van der Waals surface area contributed by atoms with Crippen molar-refractivity contribution in [1.29, 1.82) is 0 Å². The summed E-state index contributed by atoms with van der Waals surface area (Å²) in [4.78, 5) is 5.04. The van der Waals surface area contributed by atoms with Gasteiger partial charge in [-0.1, -0.05) is 146 Å². The van der Waals surface area contributed by atoms with E-state index in [4.69, 9.17) is 0 Å². The van der Waals surface area contributed by atoms with Crippen molar-refractivity contribution >= 4 is 34.0 Å². The SMILES string of the molecule is CC.CC.CC.CC.CC1=CC=C(c2ccc(-c3ccc(-c4ccc(C)cc4N(c4ccccc4)c4ccccc4)cc3)s2)C1. The topological polar surface area (TPSA) is 3.24 Å². The fourth-order valence-electron chi connectivity index (χ4n) is 4.96. The molecule has 0 bridgehead atoms. The molecule has 45 heavy (non-hydrogen) atoms. The van der Waals surface area contributed by atoms with Crippen molar-refractivity contribution in [3.8, 4) is 21.6 Å². The van der Waals surface area contributed by atoms with Crippen LogP contribution in [0.5, 0.6) is 0 Å². The fraction of sp³-hybridized carbons (Fsp3) is 0.256.